The largest absolute Gasteiger partial charge is 0.384 e. The number of nitrogen functional groups attached to an aromatic ring is 1. The van der Waals surface area contributed by atoms with Gasteiger partial charge < -0.3 is 25.6 Å². The lowest BCUT2D eigenvalue weighted by Crippen LogP contribution is -2.37. The highest BCUT2D eigenvalue weighted by molar-refractivity contribution is 5.98. The van der Waals surface area contributed by atoms with E-state index in [1.165, 1.54) is 0 Å². The summed E-state index contributed by atoms with van der Waals surface area (Å²) in [4.78, 5) is 29.9. The summed E-state index contributed by atoms with van der Waals surface area (Å²) in [6.45, 7) is 5.01. The number of aromatic nitrogens is 3. The Morgan fingerprint density at radius 2 is 1.97 bits per heavy atom. The molecule has 3 N–H and O–H groups in total. The fraction of sp³-hybridized carbons (Fsp3) is 0.304. The molecule has 0 atom stereocenters. The molecule has 0 spiro atoms. The van der Waals surface area contributed by atoms with Gasteiger partial charge >= 0.3 is 0 Å². The summed E-state index contributed by atoms with van der Waals surface area (Å²) in [5.41, 5.74) is 10.3. The van der Waals surface area contributed by atoms with Gasteiger partial charge in [0.05, 0.1) is 30.3 Å². The Hall–Kier alpha value is -3.72. The van der Waals surface area contributed by atoms with Crippen LogP contribution in [0.2, 0.25) is 0 Å². The van der Waals surface area contributed by atoms with Crippen LogP contribution in [0.1, 0.15) is 12.5 Å². The number of ether oxygens (including phenoxy) is 1. The number of pyridine rings is 1. The fourth-order valence-corrected chi connectivity index (χ4v) is 4.12. The number of carbonyl (C=O) groups is 1. The third kappa shape index (κ3) is 3.94. The number of morpholine rings is 1. The zero-order valence-corrected chi connectivity index (χ0v) is 17.9. The zero-order valence-electron chi connectivity index (χ0n) is 17.9. The molecule has 32 heavy (non-hydrogen) atoms. The maximum absolute atomic E-state index is 12.2. The van der Waals surface area contributed by atoms with Crippen LogP contribution in [0.4, 0.5) is 29.0 Å². The Kier molecular flexibility index (Phi) is 5.32. The molecule has 1 fully saturated rings. The second kappa shape index (κ2) is 8.43. The third-order valence-electron chi connectivity index (χ3n) is 5.73. The molecule has 0 unspecified atom stereocenters. The SMILES string of the molecule is CC(=O)N1CCc2cccc(Nc3cc(-c4ccc(N)nc4)nc(N4CCOCC4)n3)c21. The predicted octanol–water partition coefficient (Wildman–Crippen LogP) is 2.61. The van der Waals surface area contributed by atoms with E-state index in [9.17, 15) is 4.79 Å². The number of nitrogens with zero attached hydrogens (tertiary/aromatic N) is 5. The van der Waals surface area contributed by atoms with E-state index in [4.69, 9.17) is 20.4 Å². The number of nitrogens with two attached hydrogens (primary N) is 1. The lowest BCUT2D eigenvalue weighted by molar-refractivity contribution is -0.116. The molecular formula is C23H25N7O2. The zero-order chi connectivity index (χ0) is 22.1. The van der Waals surface area contributed by atoms with E-state index in [1.54, 1.807) is 19.2 Å². The van der Waals surface area contributed by atoms with Gasteiger partial charge in [0.1, 0.15) is 11.6 Å². The van der Waals surface area contributed by atoms with Crippen molar-refractivity contribution in [1.29, 1.82) is 0 Å². The van der Waals surface area contributed by atoms with E-state index in [0.29, 0.717) is 37.3 Å². The summed E-state index contributed by atoms with van der Waals surface area (Å²) in [7, 11) is 0. The molecule has 9 nitrogen and oxygen atoms in total. The topological polar surface area (TPSA) is 110 Å². The molecule has 5 rings (SSSR count). The van der Waals surface area contributed by atoms with Gasteiger partial charge in [-0.1, -0.05) is 12.1 Å². The van der Waals surface area contributed by atoms with Crippen LogP contribution in [0.15, 0.2) is 42.6 Å². The molecule has 9 heteroatoms. The molecule has 164 valence electrons. The summed E-state index contributed by atoms with van der Waals surface area (Å²) < 4.78 is 5.49. The molecule has 4 heterocycles. The number of anilines is 5. The van der Waals surface area contributed by atoms with Crippen LogP contribution in [0, 0.1) is 0 Å². The highest BCUT2D eigenvalue weighted by Gasteiger charge is 2.25. The first-order valence-corrected chi connectivity index (χ1v) is 10.7. The predicted molar refractivity (Wildman–Crippen MR) is 124 cm³/mol. The average molecular weight is 432 g/mol. The molecule has 1 aromatic carbocycles. The van der Waals surface area contributed by atoms with Crippen molar-refractivity contribution in [3.63, 3.8) is 0 Å². The molecule has 3 aromatic rings. The number of hydrogen-bond donors (Lipinski definition) is 2. The average Bonchev–Trinajstić information content (AvgIpc) is 3.26. The molecule has 0 saturated carbocycles. The number of fused-ring (bicyclic) bond motifs is 1. The van der Waals surface area contributed by atoms with Crippen LogP contribution >= 0.6 is 0 Å². The van der Waals surface area contributed by atoms with Gasteiger partial charge in [0.2, 0.25) is 11.9 Å². The normalized spacial score (nSPS) is 15.5. The monoisotopic (exact) mass is 431 g/mol. The van der Waals surface area contributed by atoms with Gasteiger partial charge in [0.15, 0.2) is 0 Å². The first-order valence-electron chi connectivity index (χ1n) is 10.7. The highest BCUT2D eigenvalue weighted by atomic mass is 16.5. The second-order valence-electron chi connectivity index (χ2n) is 7.87. The van der Waals surface area contributed by atoms with E-state index >= 15 is 0 Å². The van der Waals surface area contributed by atoms with Crippen molar-refractivity contribution < 1.29 is 9.53 Å². The van der Waals surface area contributed by atoms with Gasteiger partial charge in [0, 0.05) is 44.4 Å². The number of carbonyl (C=O) groups excluding carboxylic acids is 1. The summed E-state index contributed by atoms with van der Waals surface area (Å²) in [5.74, 6) is 1.76. The Balaban J connectivity index is 1.55. The molecule has 0 aliphatic carbocycles. The van der Waals surface area contributed by atoms with Crippen LogP contribution < -0.4 is 20.9 Å². The van der Waals surface area contributed by atoms with Crippen molar-refractivity contribution in [3.8, 4) is 11.3 Å². The van der Waals surface area contributed by atoms with Gasteiger partial charge in [-0.05, 0) is 30.2 Å². The minimum atomic E-state index is 0.0309. The number of nitrogens with one attached hydrogen (secondary N) is 1. The van der Waals surface area contributed by atoms with Crippen LogP contribution in [0.3, 0.4) is 0 Å². The van der Waals surface area contributed by atoms with Gasteiger partial charge in [-0.2, -0.15) is 4.98 Å². The van der Waals surface area contributed by atoms with Crippen molar-refractivity contribution in [2.45, 2.75) is 13.3 Å². The van der Waals surface area contributed by atoms with Crippen LogP contribution in [-0.4, -0.2) is 53.7 Å². The number of para-hydroxylation sites is 1. The van der Waals surface area contributed by atoms with Crippen molar-refractivity contribution in [1.82, 2.24) is 15.0 Å². The number of amides is 1. The van der Waals surface area contributed by atoms with Gasteiger partial charge in [-0.15, -0.1) is 0 Å². The van der Waals surface area contributed by atoms with Crippen molar-refractivity contribution in [2.24, 2.45) is 0 Å². The first kappa shape index (κ1) is 20.2. The van der Waals surface area contributed by atoms with E-state index in [0.717, 1.165) is 47.7 Å². The van der Waals surface area contributed by atoms with Crippen LogP contribution in [0.5, 0.6) is 0 Å². The molecule has 1 saturated heterocycles. The second-order valence-corrected chi connectivity index (χ2v) is 7.87. The molecule has 2 aliphatic heterocycles. The summed E-state index contributed by atoms with van der Waals surface area (Å²) in [6, 6.07) is 11.6. The van der Waals surface area contributed by atoms with Gasteiger partial charge in [0.25, 0.3) is 0 Å². The van der Waals surface area contributed by atoms with E-state index in [-0.39, 0.29) is 5.91 Å². The number of benzene rings is 1. The molecule has 0 radical (unpaired) electrons. The van der Waals surface area contributed by atoms with Gasteiger partial charge in [-0.3, -0.25) is 4.79 Å². The third-order valence-corrected chi connectivity index (χ3v) is 5.73. The minimum absolute atomic E-state index is 0.0309. The maximum Gasteiger partial charge on any atom is 0.228 e. The van der Waals surface area contributed by atoms with Crippen molar-refractivity contribution in [3.05, 3.63) is 48.2 Å². The van der Waals surface area contributed by atoms with Gasteiger partial charge in [-0.25, -0.2) is 9.97 Å². The highest BCUT2D eigenvalue weighted by Crippen LogP contribution is 2.37. The van der Waals surface area contributed by atoms with Crippen LogP contribution in [-0.2, 0) is 16.0 Å². The van der Waals surface area contributed by atoms with Crippen molar-refractivity contribution in [2.75, 3.05) is 53.7 Å². The Labute approximate surface area is 186 Å². The Morgan fingerprint density at radius 1 is 1.12 bits per heavy atom. The Bertz CT molecular complexity index is 1140. The molecule has 0 bridgehead atoms. The first-order chi connectivity index (χ1) is 15.6. The summed E-state index contributed by atoms with van der Waals surface area (Å²) >= 11 is 0. The quantitative estimate of drug-likeness (QED) is 0.649. The fourth-order valence-electron chi connectivity index (χ4n) is 4.12. The molecule has 2 aliphatic rings. The standard InChI is InChI=1S/C23H25N7O2/c1-15(31)30-8-7-16-3-2-4-18(22(16)30)26-21-13-19(17-5-6-20(24)25-14-17)27-23(28-21)29-9-11-32-12-10-29/h2-6,13-14H,7-12H2,1H3,(H2,24,25)(H,26,27,28). The van der Waals surface area contributed by atoms with E-state index in [1.807, 2.05) is 29.2 Å². The maximum atomic E-state index is 12.2. The minimum Gasteiger partial charge on any atom is -0.384 e. The van der Waals surface area contributed by atoms with Crippen LogP contribution in [0.25, 0.3) is 11.3 Å². The molecule has 1 amide bonds. The lowest BCUT2D eigenvalue weighted by atomic mass is 10.1. The lowest BCUT2D eigenvalue weighted by Gasteiger charge is -2.27. The van der Waals surface area contributed by atoms with E-state index < -0.39 is 0 Å². The smallest absolute Gasteiger partial charge is 0.228 e. The van der Waals surface area contributed by atoms with E-state index in [2.05, 4.69) is 21.3 Å². The van der Waals surface area contributed by atoms with Crippen molar-refractivity contribution >= 4 is 34.9 Å². The number of hydrogen-bond acceptors (Lipinski definition) is 8. The summed E-state index contributed by atoms with van der Waals surface area (Å²) in [6.07, 6.45) is 2.55. The molecular weight excluding hydrogens is 406 g/mol. The Morgan fingerprint density at radius 3 is 2.72 bits per heavy atom. The molecule has 2 aromatic heterocycles. The number of rotatable bonds is 4. The summed E-state index contributed by atoms with van der Waals surface area (Å²) in [5, 5.41) is 3.44.